The van der Waals surface area contributed by atoms with Gasteiger partial charge in [0.2, 0.25) is 0 Å². The lowest BCUT2D eigenvalue weighted by atomic mass is 9.74. The van der Waals surface area contributed by atoms with Crippen molar-refractivity contribution in [1.82, 2.24) is 10.1 Å². The van der Waals surface area contributed by atoms with Gasteiger partial charge in [-0.1, -0.05) is 5.16 Å². The number of aromatic nitrogens is 1. The molecule has 0 bridgehead atoms. The monoisotopic (exact) mass is 266 g/mol. The Balaban J connectivity index is 1.99. The van der Waals surface area contributed by atoms with Crippen LogP contribution in [0.2, 0.25) is 0 Å². The van der Waals surface area contributed by atoms with Crippen molar-refractivity contribution in [1.29, 1.82) is 0 Å². The van der Waals surface area contributed by atoms with Crippen LogP contribution in [0, 0.1) is 18.3 Å². The highest BCUT2D eigenvalue weighted by atomic mass is 16.5. The number of piperidine rings is 1. The number of carbonyl (C=O) groups is 1. The van der Waals surface area contributed by atoms with Gasteiger partial charge in [0.05, 0.1) is 11.1 Å². The van der Waals surface area contributed by atoms with Gasteiger partial charge in [0.1, 0.15) is 5.76 Å². The van der Waals surface area contributed by atoms with Gasteiger partial charge < -0.3 is 9.63 Å². The molecule has 5 heteroatoms. The molecular formula is C14H22N2O3. The quantitative estimate of drug-likeness (QED) is 0.905. The highest BCUT2D eigenvalue weighted by molar-refractivity contribution is 5.74. The van der Waals surface area contributed by atoms with Crippen LogP contribution >= 0.6 is 0 Å². The fourth-order valence-electron chi connectivity index (χ4n) is 2.68. The lowest BCUT2D eigenvalue weighted by molar-refractivity contribution is -0.151. The fourth-order valence-corrected chi connectivity index (χ4v) is 2.68. The van der Waals surface area contributed by atoms with Gasteiger partial charge in [0.15, 0.2) is 0 Å². The van der Waals surface area contributed by atoms with Crippen molar-refractivity contribution in [2.45, 2.75) is 40.2 Å². The van der Waals surface area contributed by atoms with Gasteiger partial charge in [-0.25, -0.2) is 0 Å². The molecule has 2 heterocycles. The number of rotatable bonds is 4. The number of carboxylic acid groups (broad SMARTS) is 1. The van der Waals surface area contributed by atoms with Crippen LogP contribution in [0.25, 0.3) is 0 Å². The van der Waals surface area contributed by atoms with Crippen LogP contribution in [0.4, 0.5) is 0 Å². The summed E-state index contributed by atoms with van der Waals surface area (Å²) in [7, 11) is 0. The Morgan fingerprint density at radius 2 is 2.37 bits per heavy atom. The third-order valence-electron chi connectivity index (χ3n) is 4.14. The van der Waals surface area contributed by atoms with E-state index in [1.807, 2.05) is 26.8 Å². The minimum absolute atomic E-state index is 0.187. The molecule has 0 spiro atoms. The van der Waals surface area contributed by atoms with E-state index in [2.05, 4.69) is 10.1 Å². The van der Waals surface area contributed by atoms with Crippen molar-refractivity contribution in [3.63, 3.8) is 0 Å². The maximum Gasteiger partial charge on any atom is 0.309 e. The largest absolute Gasteiger partial charge is 0.481 e. The molecule has 0 amide bonds. The Hall–Kier alpha value is -1.36. The SMILES string of the molecule is Cc1cc(CN2CCCC(C(C)(C)C(=O)O)C2)no1. The van der Waals surface area contributed by atoms with E-state index in [-0.39, 0.29) is 5.92 Å². The summed E-state index contributed by atoms with van der Waals surface area (Å²) in [6, 6.07) is 1.94. The average Bonchev–Trinajstić information content (AvgIpc) is 2.75. The van der Waals surface area contributed by atoms with Crippen LogP contribution in [0.5, 0.6) is 0 Å². The maximum absolute atomic E-state index is 11.3. The molecule has 1 aliphatic rings. The van der Waals surface area contributed by atoms with Crippen molar-refractivity contribution in [2.75, 3.05) is 13.1 Å². The van der Waals surface area contributed by atoms with Crippen LogP contribution in [-0.4, -0.2) is 34.2 Å². The predicted octanol–water partition coefficient (Wildman–Crippen LogP) is 2.31. The zero-order valence-corrected chi connectivity index (χ0v) is 11.8. The van der Waals surface area contributed by atoms with Crippen molar-refractivity contribution >= 4 is 5.97 Å². The molecule has 1 saturated heterocycles. The Labute approximate surface area is 113 Å². The lowest BCUT2D eigenvalue weighted by Crippen LogP contribution is -2.44. The fraction of sp³-hybridized carbons (Fsp3) is 0.714. The standard InChI is InChI=1S/C14H22N2O3/c1-10-7-12(15-19-10)9-16-6-4-5-11(8-16)14(2,3)13(17)18/h7,11H,4-6,8-9H2,1-3H3,(H,17,18). The highest BCUT2D eigenvalue weighted by Crippen LogP contribution is 2.34. The average molecular weight is 266 g/mol. The van der Waals surface area contributed by atoms with E-state index in [0.29, 0.717) is 0 Å². The van der Waals surface area contributed by atoms with Crippen LogP contribution in [0.3, 0.4) is 0 Å². The van der Waals surface area contributed by atoms with E-state index in [9.17, 15) is 9.90 Å². The maximum atomic E-state index is 11.3. The predicted molar refractivity (Wildman–Crippen MR) is 70.7 cm³/mol. The van der Waals surface area contributed by atoms with E-state index in [1.54, 1.807) is 0 Å². The molecule has 0 aliphatic carbocycles. The molecule has 1 aromatic heterocycles. The second kappa shape index (κ2) is 5.33. The lowest BCUT2D eigenvalue weighted by Gasteiger charge is -2.38. The van der Waals surface area contributed by atoms with Gasteiger partial charge in [0, 0.05) is 19.2 Å². The first kappa shape index (κ1) is 14.1. The summed E-state index contributed by atoms with van der Waals surface area (Å²) in [6.07, 6.45) is 2.02. The molecule has 1 aromatic rings. The molecule has 1 aliphatic heterocycles. The van der Waals surface area contributed by atoms with Gasteiger partial charge in [0.25, 0.3) is 0 Å². The van der Waals surface area contributed by atoms with Gasteiger partial charge >= 0.3 is 5.97 Å². The first-order chi connectivity index (χ1) is 8.89. The van der Waals surface area contributed by atoms with Crippen LogP contribution in [-0.2, 0) is 11.3 Å². The number of hydrogen-bond donors (Lipinski definition) is 1. The molecule has 1 unspecified atom stereocenters. The number of hydrogen-bond acceptors (Lipinski definition) is 4. The summed E-state index contributed by atoms with van der Waals surface area (Å²) in [6.45, 7) is 8.07. The molecular weight excluding hydrogens is 244 g/mol. The number of aryl methyl sites for hydroxylation is 1. The zero-order valence-electron chi connectivity index (χ0n) is 11.8. The van der Waals surface area contributed by atoms with Crippen molar-refractivity contribution in [3.8, 4) is 0 Å². The third kappa shape index (κ3) is 3.15. The minimum atomic E-state index is -0.711. The van der Waals surface area contributed by atoms with Gasteiger partial charge in [-0.2, -0.15) is 0 Å². The summed E-state index contributed by atoms with van der Waals surface area (Å²) < 4.78 is 5.07. The van der Waals surface area contributed by atoms with Gasteiger partial charge in [-0.3, -0.25) is 9.69 Å². The summed E-state index contributed by atoms with van der Waals surface area (Å²) >= 11 is 0. The third-order valence-corrected chi connectivity index (χ3v) is 4.14. The second-order valence-electron chi connectivity index (χ2n) is 6.03. The summed E-state index contributed by atoms with van der Waals surface area (Å²) in [5.41, 5.74) is 0.254. The molecule has 1 fully saturated rings. The molecule has 0 radical (unpaired) electrons. The van der Waals surface area contributed by atoms with Gasteiger partial charge in [-0.15, -0.1) is 0 Å². The minimum Gasteiger partial charge on any atom is -0.481 e. The van der Waals surface area contributed by atoms with Crippen molar-refractivity contribution in [2.24, 2.45) is 11.3 Å². The van der Waals surface area contributed by atoms with Crippen molar-refractivity contribution < 1.29 is 14.4 Å². The number of nitrogens with zero attached hydrogens (tertiary/aromatic N) is 2. The molecule has 19 heavy (non-hydrogen) atoms. The smallest absolute Gasteiger partial charge is 0.309 e. The Kier molecular flexibility index (Phi) is 3.94. The van der Waals surface area contributed by atoms with E-state index in [1.165, 1.54) is 0 Å². The van der Waals surface area contributed by atoms with Crippen LogP contribution < -0.4 is 0 Å². The molecule has 1 N–H and O–H groups in total. The van der Waals surface area contributed by atoms with E-state index in [0.717, 1.165) is 43.9 Å². The van der Waals surface area contributed by atoms with Gasteiger partial charge in [-0.05, 0) is 46.1 Å². The Bertz CT molecular complexity index is 453. The van der Waals surface area contributed by atoms with Crippen LogP contribution in [0.1, 0.15) is 38.1 Å². The van der Waals surface area contributed by atoms with Crippen LogP contribution in [0.15, 0.2) is 10.6 Å². The topological polar surface area (TPSA) is 66.6 Å². The number of likely N-dealkylation sites (tertiary alicyclic amines) is 1. The molecule has 2 rings (SSSR count). The summed E-state index contributed by atoms with van der Waals surface area (Å²) in [5.74, 6) is 0.290. The summed E-state index contributed by atoms with van der Waals surface area (Å²) in [5, 5.41) is 13.3. The summed E-state index contributed by atoms with van der Waals surface area (Å²) in [4.78, 5) is 13.6. The molecule has 0 saturated carbocycles. The molecule has 106 valence electrons. The van der Waals surface area contributed by atoms with E-state index < -0.39 is 11.4 Å². The number of aliphatic carboxylic acids is 1. The molecule has 5 nitrogen and oxygen atoms in total. The number of carboxylic acids is 1. The first-order valence-electron chi connectivity index (χ1n) is 6.77. The molecule has 0 aromatic carbocycles. The second-order valence-corrected chi connectivity index (χ2v) is 6.03. The van der Waals surface area contributed by atoms with Crippen molar-refractivity contribution in [3.05, 3.63) is 17.5 Å². The normalized spacial score (nSPS) is 21.5. The Morgan fingerprint density at radius 1 is 1.63 bits per heavy atom. The molecule has 1 atom stereocenters. The first-order valence-corrected chi connectivity index (χ1v) is 6.77. The Morgan fingerprint density at radius 3 is 2.95 bits per heavy atom. The zero-order chi connectivity index (χ0) is 14.0. The highest BCUT2D eigenvalue weighted by Gasteiger charge is 2.39. The van der Waals surface area contributed by atoms with E-state index >= 15 is 0 Å². The van der Waals surface area contributed by atoms with E-state index in [4.69, 9.17) is 4.52 Å².